The highest BCUT2D eigenvalue weighted by Gasteiger charge is 2.06. The van der Waals surface area contributed by atoms with Gasteiger partial charge in [-0.15, -0.1) is 0 Å². The molecule has 0 aliphatic rings. The Kier molecular flexibility index (Phi) is 4.03. The molecule has 2 radical (unpaired) electrons. The van der Waals surface area contributed by atoms with Crippen LogP contribution in [-0.4, -0.2) is 14.0 Å². The highest BCUT2D eigenvalue weighted by molar-refractivity contribution is 6.32. The highest BCUT2D eigenvalue weighted by atomic mass is 19.1. The third-order valence-corrected chi connectivity index (χ3v) is 2.68. The van der Waals surface area contributed by atoms with E-state index in [1.165, 1.54) is 17.7 Å². The molecule has 0 spiro atoms. The lowest BCUT2D eigenvalue weighted by atomic mass is 9.96. The highest BCUT2D eigenvalue weighted by Crippen LogP contribution is 2.14. The van der Waals surface area contributed by atoms with Crippen molar-refractivity contribution in [3.8, 4) is 5.75 Å². The van der Waals surface area contributed by atoms with E-state index in [-0.39, 0.29) is 11.6 Å². The Hall–Kier alpha value is -1.77. The van der Waals surface area contributed by atoms with Gasteiger partial charge >= 0.3 is 0 Å². The van der Waals surface area contributed by atoms with Crippen LogP contribution in [0.15, 0.2) is 48.5 Å². The minimum atomic E-state index is -0.445. The smallest absolute Gasteiger partial charge is 0.122 e. The summed E-state index contributed by atoms with van der Waals surface area (Å²) in [5.41, 5.74) is 1.33. The van der Waals surface area contributed by atoms with Crippen molar-refractivity contribution in [3.63, 3.8) is 0 Å². The van der Waals surface area contributed by atoms with Crippen molar-refractivity contribution >= 4 is 13.3 Å². The van der Waals surface area contributed by atoms with E-state index in [4.69, 9.17) is 12.6 Å². The summed E-state index contributed by atoms with van der Waals surface area (Å²) in [6.07, 6.45) is 0.766. The predicted octanol–water partition coefficient (Wildman–Crippen LogP) is 2.63. The molecule has 0 amide bonds. The van der Waals surface area contributed by atoms with Crippen molar-refractivity contribution in [1.82, 2.24) is 0 Å². The largest absolute Gasteiger partial charge is 0.490 e. The Balaban J connectivity index is 1.99. The zero-order valence-electron chi connectivity index (χ0n) is 10.3. The number of rotatable bonds is 4. The van der Waals surface area contributed by atoms with E-state index in [0.29, 0.717) is 5.75 Å². The molecular formula is C15H14BFO. The molecule has 2 aromatic rings. The topological polar surface area (TPSA) is 9.23 Å². The number of hydrogen-bond acceptors (Lipinski definition) is 1. The molecule has 18 heavy (non-hydrogen) atoms. The lowest BCUT2D eigenvalue weighted by Gasteiger charge is -2.15. The molecule has 0 saturated carbocycles. The van der Waals surface area contributed by atoms with Gasteiger partial charge in [0.25, 0.3) is 0 Å². The van der Waals surface area contributed by atoms with E-state index < -0.39 is 5.82 Å². The van der Waals surface area contributed by atoms with Gasteiger partial charge < -0.3 is 4.74 Å². The van der Waals surface area contributed by atoms with Crippen LogP contribution in [0.1, 0.15) is 12.5 Å². The zero-order valence-corrected chi connectivity index (χ0v) is 10.3. The molecular weight excluding hydrogens is 226 g/mol. The van der Waals surface area contributed by atoms with Gasteiger partial charge in [-0.3, -0.25) is 0 Å². The van der Waals surface area contributed by atoms with Crippen LogP contribution >= 0.6 is 0 Å². The van der Waals surface area contributed by atoms with Crippen molar-refractivity contribution in [1.29, 1.82) is 0 Å². The van der Waals surface area contributed by atoms with E-state index in [9.17, 15) is 4.39 Å². The summed E-state index contributed by atoms with van der Waals surface area (Å²) in [6.45, 7) is 1.96. The second-order valence-electron chi connectivity index (χ2n) is 4.30. The lowest BCUT2D eigenvalue weighted by Crippen LogP contribution is -2.16. The Labute approximate surface area is 108 Å². The fraction of sp³-hybridized carbons (Fsp3) is 0.200. The maximum atomic E-state index is 13.3. The number of ether oxygens (including phenoxy) is 1. The first-order chi connectivity index (χ1) is 8.65. The Morgan fingerprint density at radius 2 is 1.89 bits per heavy atom. The molecule has 0 aliphatic carbocycles. The van der Waals surface area contributed by atoms with E-state index in [1.807, 2.05) is 37.3 Å². The van der Waals surface area contributed by atoms with E-state index in [0.717, 1.165) is 6.42 Å². The molecule has 1 nitrogen and oxygen atoms in total. The molecule has 0 fully saturated rings. The molecule has 2 aromatic carbocycles. The van der Waals surface area contributed by atoms with Crippen molar-refractivity contribution in [3.05, 3.63) is 59.9 Å². The summed E-state index contributed by atoms with van der Waals surface area (Å²) in [5.74, 6) is 0.0598. The molecule has 1 atom stereocenters. The minimum Gasteiger partial charge on any atom is -0.490 e. The van der Waals surface area contributed by atoms with Gasteiger partial charge in [0.2, 0.25) is 0 Å². The van der Waals surface area contributed by atoms with Crippen LogP contribution in [0.2, 0.25) is 0 Å². The van der Waals surface area contributed by atoms with Crippen LogP contribution in [0.4, 0.5) is 4.39 Å². The maximum absolute atomic E-state index is 13.3. The van der Waals surface area contributed by atoms with Crippen molar-refractivity contribution in [2.24, 2.45) is 0 Å². The molecule has 0 heterocycles. The molecule has 0 saturated heterocycles. The minimum absolute atomic E-state index is 0.0181. The van der Waals surface area contributed by atoms with Crippen molar-refractivity contribution < 1.29 is 9.13 Å². The summed E-state index contributed by atoms with van der Waals surface area (Å²) >= 11 is 0. The Bertz CT molecular complexity index is 513. The normalized spacial score (nSPS) is 12.1. The van der Waals surface area contributed by atoms with E-state index in [1.54, 1.807) is 6.07 Å². The average molecular weight is 240 g/mol. The third kappa shape index (κ3) is 3.36. The molecule has 1 unspecified atom stereocenters. The Morgan fingerprint density at radius 3 is 2.56 bits per heavy atom. The molecule has 0 aliphatic heterocycles. The monoisotopic (exact) mass is 240 g/mol. The molecule has 0 N–H and O–H groups in total. The molecule has 90 valence electrons. The maximum Gasteiger partial charge on any atom is 0.122 e. The number of benzene rings is 2. The number of hydrogen-bond donors (Lipinski definition) is 0. The van der Waals surface area contributed by atoms with E-state index in [2.05, 4.69) is 0 Å². The summed E-state index contributed by atoms with van der Waals surface area (Å²) in [4.78, 5) is 0. The van der Waals surface area contributed by atoms with Crippen molar-refractivity contribution in [2.45, 2.75) is 19.4 Å². The van der Waals surface area contributed by atoms with Gasteiger partial charge in [-0.2, -0.15) is 0 Å². The van der Waals surface area contributed by atoms with Gasteiger partial charge in [-0.1, -0.05) is 41.9 Å². The standard InChI is InChI=1S/C15H14BFO/c1-11(9-12-5-3-2-4-6-12)18-13-7-8-14(16)15(17)10-13/h2-8,10-11H,9H2,1H3. The summed E-state index contributed by atoms with van der Waals surface area (Å²) in [5, 5.41) is 0. The van der Waals surface area contributed by atoms with Gasteiger partial charge in [-0.05, 0) is 18.6 Å². The third-order valence-electron chi connectivity index (χ3n) is 2.68. The van der Waals surface area contributed by atoms with Gasteiger partial charge in [0.1, 0.15) is 19.4 Å². The van der Waals surface area contributed by atoms with Crippen LogP contribution in [0.25, 0.3) is 0 Å². The second kappa shape index (κ2) is 5.72. The van der Waals surface area contributed by atoms with Crippen LogP contribution in [0.5, 0.6) is 5.75 Å². The van der Waals surface area contributed by atoms with Crippen LogP contribution in [-0.2, 0) is 6.42 Å². The molecule has 0 bridgehead atoms. The van der Waals surface area contributed by atoms with Gasteiger partial charge in [0, 0.05) is 12.5 Å². The van der Waals surface area contributed by atoms with Gasteiger partial charge in [0.05, 0.1) is 6.10 Å². The fourth-order valence-electron chi connectivity index (χ4n) is 1.80. The predicted molar refractivity (Wildman–Crippen MR) is 72.0 cm³/mol. The quantitative estimate of drug-likeness (QED) is 0.746. The van der Waals surface area contributed by atoms with Crippen LogP contribution in [0.3, 0.4) is 0 Å². The second-order valence-corrected chi connectivity index (χ2v) is 4.30. The first-order valence-electron chi connectivity index (χ1n) is 5.91. The van der Waals surface area contributed by atoms with Crippen LogP contribution < -0.4 is 10.2 Å². The average Bonchev–Trinajstić information content (AvgIpc) is 2.35. The first kappa shape index (κ1) is 12.7. The lowest BCUT2D eigenvalue weighted by molar-refractivity contribution is 0.221. The molecule has 0 aromatic heterocycles. The van der Waals surface area contributed by atoms with E-state index >= 15 is 0 Å². The summed E-state index contributed by atoms with van der Waals surface area (Å²) in [7, 11) is 5.41. The Morgan fingerprint density at radius 1 is 1.17 bits per heavy atom. The first-order valence-corrected chi connectivity index (χ1v) is 5.91. The van der Waals surface area contributed by atoms with Gasteiger partial charge in [0.15, 0.2) is 0 Å². The SMILES string of the molecule is [B]c1ccc(OC(C)Cc2ccccc2)cc1F. The summed E-state index contributed by atoms with van der Waals surface area (Å²) < 4.78 is 18.9. The fourth-order valence-corrected chi connectivity index (χ4v) is 1.80. The van der Waals surface area contributed by atoms with Crippen molar-refractivity contribution in [2.75, 3.05) is 0 Å². The summed E-state index contributed by atoms with van der Waals surface area (Å²) in [6, 6.07) is 14.6. The van der Waals surface area contributed by atoms with Crippen LogP contribution in [0, 0.1) is 5.82 Å². The molecule has 3 heteroatoms. The van der Waals surface area contributed by atoms with Gasteiger partial charge in [-0.25, -0.2) is 4.39 Å². The molecule has 2 rings (SSSR count). The zero-order chi connectivity index (χ0) is 13.0. The number of halogens is 1.